The number of nitrogens with one attached hydrogen (secondary N) is 2. The standard InChI is InChI=1S/C29H24N4O5/c1-3-36-29(35)19-6-10-21-22(14-19)32-28(34)25(21)26(18-7-11-23-24(15-18)38-16-37-23)31-20-8-4-17(5-9-20)27-30-12-13-33(27)2/h4-15,31H,3,16H2,1-2H3,(H,32,34). The zero-order valence-electron chi connectivity index (χ0n) is 20.8. The molecular weight excluding hydrogens is 484 g/mol. The Hall–Kier alpha value is -5.05. The third-order valence-electron chi connectivity index (χ3n) is 6.42. The molecule has 1 amide bonds. The minimum atomic E-state index is -0.441. The molecule has 190 valence electrons. The lowest BCUT2D eigenvalue weighted by molar-refractivity contribution is -0.110. The van der Waals surface area contributed by atoms with E-state index in [2.05, 4.69) is 15.6 Å². The summed E-state index contributed by atoms with van der Waals surface area (Å²) < 4.78 is 18.1. The SMILES string of the molecule is CCOC(=O)c1ccc2c(c1)NC(=O)C2=C(Nc1ccc(-c2nccn2C)cc1)c1ccc2c(c1)OCO2. The van der Waals surface area contributed by atoms with Crippen molar-refractivity contribution in [3.63, 3.8) is 0 Å². The maximum Gasteiger partial charge on any atom is 0.338 e. The highest BCUT2D eigenvalue weighted by molar-refractivity contribution is 6.37. The normalized spacial score (nSPS) is 14.6. The lowest BCUT2D eigenvalue weighted by Gasteiger charge is -2.16. The first-order valence-corrected chi connectivity index (χ1v) is 12.1. The summed E-state index contributed by atoms with van der Waals surface area (Å²) in [6.07, 6.45) is 3.65. The lowest BCUT2D eigenvalue weighted by atomic mass is 9.98. The highest BCUT2D eigenvalue weighted by atomic mass is 16.7. The number of amides is 1. The number of rotatable bonds is 6. The zero-order valence-corrected chi connectivity index (χ0v) is 20.8. The second kappa shape index (κ2) is 9.44. The lowest BCUT2D eigenvalue weighted by Crippen LogP contribution is -2.10. The first-order valence-electron chi connectivity index (χ1n) is 12.1. The smallest absolute Gasteiger partial charge is 0.338 e. The molecule has 0 saturated heterocycles. The van der Waals surface area contributed by atoms with Crippen LogP contribution < -0.4 is 20.1 Å². The number of esters is 1. The molecule has 0 fully saturated rings. The van der Waals surface area contributed by atoms with E-state index >= 15 is 0 Å². The molecule has 4 aromatic rings. The van der Waals surface area contributed by atoms with Crippen LogP contribution in [0.25, 0.3) is 22.7 Å². The maximum absolute atomic E-state index is 13.3. The maximum atomic E-state index is 13.3. The first kappa shape index (κ1) is 23.4. The van der Waals surface area contributed by atoms with Gasteiger partial charge in [0.15, 0.2) is 11.5 Å². The van der Waals surface area contributed by atoms with Gasteiger partial charge in [-0.3, -0.25) is 4.79 Å². The summed E-state index contributed by atoms with van der Waals surface area (Å²) in [5.41, 5.74) is 5.12. The molecule has 0 radical (unpaired) electrons. The molecule has 0 unspecified atom stereocenters. The van der Waals surface area contributed by atoms with E-state index in [1.807, 2.05) is 60.3 Å². The Morgan fingerprint density at radius 2 is 1.84 bits per heavy atom. The summed E-state index contributed by atoms with van der Waals surface area (Å²) in [6, 6.07) is 18.4. The average Bonchev–Trinajstić information content (AvgIpc) is 3.65. The van der Waals surface area contributed by atoms with E-state index in [0.29, 0.717) is 39.6 Å². The molecule has 0 spiro atoms. The molecule has 1 aromatic heterocycles. The minimum Gasteiger partial charge on any atom is -0.462 e. The molecule has 38 heavy (non-hydrogen) atoms. The van der Waals surface area contributed by atoms with Crippen molar-refractivity contribution >= 4 is 34.5 Å². The second-order valence-electron chi connectivity index (χ2n) is 8.82. The van der Waals surface area contributed by atoms with E-state index in [9.17, 15) is 9.59 Å². The third kappa shape index (κ3) is 4.13. The summed E-state index contributed by atoms with van der Waals surface area (Å²) in [5.74, 6) is 1.37. The summed E-state index contributed by atoms with van der Waals surface area (Å²) in [7, 11) is 1.94. The van der Waals surface area contributed by atoms with Crippen molar-refractivity contribution in [2.75, 3.05) is 24.0 Å². The van der Waals surface area contributed by atoms with Gasteiger partial charge in [0.25, 0.3) is 5.91 Å². The van der Waals surface area contributed by atoms with Gasteiger partial charge in [0.05, 0.1) is 29.1 Å². The number of benzene rings is 3. The Morgan fingerprint density at radius 3 is 2.61 bits per heavy atom. The fourth-order valence-corrected chi connectivity index (χ4v) is 4.58. The molecule has 2 aliphatic heterocycles. The molecule has 3 heterocycles. The van der Waals surface area contributed by atoms with Gasteiger partial charge in [-0.05, 0) is 61.5 Å². The van der Waals surface area contributed by atoms with Crippen LogP contribution in [0.5, 0.6) is 11.5 Å². The van der Waals surface area contributed by atoms with Crippen molar-refractivity contribution in [2.45, 2.75) is 6.92 Å². The first-order chi connectivity index (χ1) is 18.5. The van der Waals surface area contributed by atoms with Crippen LogP contribution in [-0.4, -0.2) is 34.8 Å². The van der Waals surface area contributed by atoms with Crippen molar-refractivity contribution < 1.29 is 23.8 Å². The van der Waals surface area contributed by atoms with Crippen LogP contribution >= 0.6 is 0 Å². The zero-order chi connectivity index (χ0) is 26.2. The summed E-state index contributed by atoms with van der Waals surface area (Å²) in [5, 5.41) is 6.34. The van der Waals surface area contributed by atoms with Crippen LogP contribution in [-0.2, 0) is 16.6 Å². The number of carbonyl (C=O) groups is 2. The largest absolute Gasteiger partial charge is 0.462 e. The quantitative estimate of drug-likeness (QED) is 0.281. The summed E-state index contributed by atoms with van der Waals surface area (Å²) >= 11 is 0. The number of ether oxygens (including phenoxy) is 3. The van der Waals surface area contributed by atoms with Gasteiger partial charge in [-0.1, -0.05) is 6.07 Å². The van der Waals surface area contributed by atoms with Crippen molar-refractivity contribution in [3.8, 4) is 22.9 Å². The Kier molecular flexibility index (Phi) is 5.80. The van der Waals surface area contributed by atoms with Gasteiger partial charge in [-0.15, -0.1) is 0 Å². The molecule has 0 bridgehead atoms. The van der Waals surface area contributed by atoms with Crippen molar-refractivity contribution in [3.05, 3.63) is 89.7 Å². The molecule has 6 rings (SSSR count). The molecule has 9 heteroatoms. The number of aryl methyl sites for hydroxylation is 1. The van der Waals surface area contributed by atoms with Crippen LogP contribution in [0.3, 0.4) is 0 Å². The van der Waals surface area contributed by atoms with E-state index in [4.69, 9.17) is 14.2 Å². The van der Waals surface area contributed by atoms with Crippen molar-refractivity contribution in [1.29, 1.82) is 0 Å². The molecular formula is C29H24N4O5. The molecule has 9 nitrogen and oxygen atoms in total. The van der Waals surface area contributed by atoms with E-state index < -0.39 is 5.97 Å². The van der Waals surface area contributed by atoms with Crippen LogP contribution in [0.15, 0.2) is 73.1 Å². The Labute approximate surface area is 218 Å². The molecule has 0 saturated carbocycles. The topological polar surface area (TPSA) is 104 Å². The van der Waals surface area contributed by atoms with Crippen LogP contribution in [0.2, 0.25) is 0 Å². The number of hydrogen-bond donors (Lipinski definition) is 2. The van der Waals surface area contributed by atoms with Gasteiger partial charge in [0.2, 0.25) is 6.79 Å². The number of aromatic nitrogens is 2. The molecule has 0 aliphatic carbocycles. The predicted octanol–water partition coefficient (Wildman–Crippen LogP) is 4.93. The van der Waals surface area contributed by atoms with Gasteiger partial charge in [0.1, 0.15) is 5.82 Å². The molecule has 0 atom stereocenters. The van der Waals surface area contributed by atoms with Gasteiger partial charge in [0, 0.05) is 41.8 Å². The minimum absolute atomic E-state index is 0.146. The summed E-state index contributed by atoms with van der Waals surface area (Å²) in [6.45, 7) is 2.16. The Morgan fingerprint density at radius 1 is 1.05 bits per heavy atom. The molecule has 2 aliphatic rings. The fourth-order valence-electron chi connectivity index (χ4n) is 4.58. The Balaban J connectivity index is 1.43. The van der Waals surface area contributed by atoms with E-state index in [0.717, 1.165) is 22.6 Å². The van der Waals surface area contributed by atoms with E-state index in [-0.39, 0.29) is 19.3 Å². The van der Waals surface area contributed by atoms with Crippen LogP contribution in [0, 0.1) is 0 Å². The van der Waals surface area contributed by atoms with Crippen LogP contribution in [0.4, 0.5) is 11.4 Å². The van der Waals surface area contributed by atoms with Gasteiger partial charge in [-0.25, -0.2) is 9.78 Å². The number of carbonyl (C=O) groups excluding carboxylic acids is 2. The number of anilines is 2. The average molecular weight is 509 g/mol. The molecule has 2 N–H and O–H groups in total. The fraction of sp³-hybridized carbons (Fsp3) is 0.138. The van der Waals surface area contributed by atoms with E-state index in [1.165, 1.54) is 0 Å². The second-order valence-corrected chi connectivity index (χ2v) is 8.82. The van der Waals surface area contributed by atoms with Crippen LogP contribution in [0.1, 0.15) is 28.4 Å². The monoisotopic (exact) mass is 508 g/mol. The van der Waals surface area contributed by atoms with Gasteiger partial charge in [-0.2, -0.15) is 0 Å². The number of imidazole rings is 1. The van der Waals surface area contributed by atoms with Gasteiger partial charge >= 0.3 is 5.97 Å². The third-order valence-corrected chi connectivity index (χ3v) is 6.42. The molecule has 3 aromatic carbocycles. The predicted molar refractivity (Wildman–Crippen MR) is 143 cm³/mol. The summed E-state index contributed by atoms with van der Waals surface area (Å²) in [4.78, 5) is 30.0. The van der Waals surface area contributed by atoms with E-state index in [1.54, 1.807) is 31.3 Å². The van der Waals surface area contributed by atoms with Gasteiger partial charge < -0.3 is 29.4 Å². The van der Waals surface area contributed by atoms with Crippen molar-refractivity contribution in [2.24, 2.45) is 7.05 Å². The van der Waals surface area contributed by atoms with Crippen molar-refractivity contribution in [1.82, 2.24) is 9.55 Å². The number of nitrogens with zero attached hydrogens (tertiary/aromatic N) is 2. The Bertz CT molecular complexity index is 1600. The highest BCUT2D eigenvalue weighted by Crippen LogP contribution is 2.41. The number of hydrogen-bond acceptors (Lipinski definition) is 7. The highest BCUT2D eigenvalue weighted by Gasteiger charge is 2.30. The number of fused-ring (bicyclic) bond motifs is 2.